The lowest BCUT2D eigenvalue weighted by Crippen LogP contribution is -2.43. The van der Waals surface area contributed by atoms with Gasteiger partial charge in [-0.3, -0.25) is 20.4 Å². The molecular formula is C19H22N2O2S. The van der Waals surface area contributed by atoms with E-state index < -0.39 is 5.25 Å². The molecular weight excluding hydrogens is 320 g/mol. The van der Waals surface area contributed by atoms with Crippen LogP contribution in [0, 0.1) is 5.92 Å². The predicted molar refractivity (Wildman–Crippen MR) is 97.2 cm³/mol. The van der Waals surface area contributed by atoms with Gasteiger partial charge < -0.3 is 0 Å². The van der Waals surface area contributed by atoms with Crippen molar-refractivity contribution in [3.8, 4) is 0 Å². The van der Waals surface area contributed by atoms with E-state index in [-0.39, 0.29) is 17.7 Å². The van der Waals surface area contributed by atoms with Crippen LogP contribution in [0.5, 0.6) is 0 Å². The van der Waals surface area contributed by atoms with E-state index in [2.05, 4.69) is 10.9 Å². The van der Waals surface area contributed by atoms with E-state index in [1.54, 1.807) is 0 Å². The van der Waals surface area contributed by atoms with Gasteiger partial charge in [-0.15, -0.1) is 11.8 Å². The normalized spacial score (nSPS) is 11.8. The van der Waals surface area contributed by atoms with Crippen LogP contribution in [0.2, 0.25) is 0 Å². The lowest BCUT2D eigenvalue weighted by molar-refractivity contribution is -0.129. The number of nitrogens with one attached hydrogen (secondary N) is 2. The van der Waals surface area contributed by atoms with E-state index >= 15 is 0 Å². The third-order valence-electron chi connectivity index (χ3n) is 3.26. The van der Waals surface area contributed by atoms with Crippen LogP contribution in [0.15, 0.2) is 65.6 Å². The Bertz CT molecular complexity index is 660. The fourth-order valence-corrected chi connectivity index (χ4v) is 3.20. The molecule has 126 valence electrons. The minimum absolute atomic E-state index is 0.185. The fourth-order valence-electron chi connectivity index (χ4n) is 2.15. The van der Waals surface area contributed by atoms with Gasteiger partial charge in [0, 0.05) is 11.3 Å². The van der Waals surface area contributed by atoms with E-state index in [0.717, 1.165) is 10.5 Å². The van der Waals surface area contributed by atoms with Crippen molar-refractivity contribution >= 4 is 23.6 Å². The minimum Gasteiger partial charge on any atom is -0.273 e. The van der Waals surface area contributed by atoms with Gasteiger partial charge >= 0.3 is 0 Å². The predicted octanol–water partition coefficient (Wildman–Crippen LogP) is 3.71. The van der Waals surface area contributed by atoms with Gasteiger partial charge in [-0.1, -0.05) is 62.4 Å². The highest BCUT2D eigenvalue weighted by Gasteiger charge is 2.22. The molecule has 0 aliphatic heterocycles. The lowest BCUT2D eigenvalue weighted by Gasteiger charge is -2.17. The lowest BCUT2D eigenvalue weighted by atomic mass is 10.1. The molecule has 4 nitrogen and oxygen atoms in total. The Morgan fingerprint density at radius 1 is 0.917 bits per heavy atom. The van der Waals surface area contributed by atoms with Gasteiger partial charge in [0.15, 0.2) is 0 Å². The van der Waals surface area contributed by atoms with Crippen LogP contribution in [-0.2, 0) is 9.59 Å². The molecule has 0 unspecified atom stereocenters. The monoisotopic (exact) mass is 342 g/mol. The van der Waals surface area contributed by atoms with Crippen molar-refractivity contribution in [3.05, 3.63) is 66.2 Å². The Morgan fingerprint density at radius 2 is 1.50 bits per heavy atom. The molecule has 0 heterocycles. The first-order chi connectivity index (χ1) is 11.6. The van der Waals surface area contributed by atoms with Crippen LogP contribution in [0.3, 0.4) is 0 Å². The molecule has 2 aromatic rings. The highest BCUT2D eigenvalue weighted by Crippen LogP contribution is 2.35. The van der Waals surface area contributed by atoms with E-state index in [9.17, 15) is 9.59 Å². The summed E-state index contributed by atoms with van der Waals surface area (Å²) in [6.07, 6.45) is 0.377. The highest BCUT2D eigenvalue weighted by molar-refractivity contribution is 8.00. The number of thioether (sulfide) groups is 1. The van der Waals surface area contributed by atoms with E-state index in [1.807, 2.05) is 74.5 Å². The highest BCUT2D eigenvalue weighted by atomic mass is 32.2. The zero-order valence-electron chi connectivity index (χ0n) is 13.9. The molecule has 0 spiro atoms. The van der Waals surface area contributed by atoms with Gasteiger partial charge in [-0.05, 0) is 23.6 Å². The van der Waals surface area contributed by atoms with Gasteiger partial charge in [0.25, 0.3) is 5.91 Å². The molecule has 0 saturated carbocycles. The number of carbonyl (C=O) groups excluding carboxylic acids is 2. The van der Waals surface area contributed by atoms with Gasteiger partial charge in [0.1, 0.15) is 5.25 Å². The number of hydrogen-bond acceptors (Lipinski definition) is 3. The van der Waals surface area contributed by atoms with Gasteiger partial charge in [0.2, 0.25) is 5.91 Å². The second-order valence-corrected chi connectivity index (χ2v) is 7.04. The number of amides is 2. The summed E-state index contributed by atoms with van der Waals surface area (Å²) < 4.78 is 0. The Kier molecular flexibility index (Phi) is 6.88. The first kappa shape index (κ1) is 18.1. The number of benzene rings is 2. The van der Waals surface area contributed by atoms with Crippen LogP contribution >= 0.6 is 11.8 Å². The molecule has 0 aliphatic rings. The zero-order chi connectivity index (χ0) is 17.4. The first-order valence-electron chi connectivity index (χ1n) is 7.91. The number of carbonyl (C=O) groups is 2. The Balaban J connectivity index is 2.08. The van der Waals surface area contributed by atoms with Crippen LogP contribution in [0.1, 0.15) is 31.1 Å². The molecule has 2 amide bonds. The summed E-state index contributed by atoms with van der Waals surface area (Å²) in [6.45, 7) is 3.92. The molecule has 5 heteroatoms. The maximum absolute atomic E-state index is 12.6. The molecule has 0 saturated heterocycles. The van der Waals surface area contributed by atoms with Crippen molar-refractivity contribution in [2.24, 2.45) is 5.92 Å². The maximum atomic E-state index is 12.6. The van der Waals surface area contributed by atoms with Crippen LogP contribution in [0.4, 0.5) is 0 Å². The van der Waals surface area contributed by atoms with Crippen molar-refractivity contribution in [1.29, 1.82) is 0 Å². The van der Waals surface area contributed by atoms with Crippen molar-refractivity contribution in [2.75, 3.05) is 0 Å². The van der Waals surface area contributed by atoms with E-state index in [0.29, 0.717) is 6.42 Å². The third-order valence-corrected chi connectivity index (χ3v) is 4.52. The Labute approximate surface area is 147 Å². The van der Waals surface area contributed by atoms with Crippen LogP contribution in [0.25, 0.3) is 0 Å². The second kappa shape index (κ2) is 9.13. The molecule has 2 N–H and O–H groups in total. The molecule has 1 atom stereocenters. The Hall–Kier alpha value is -2.27. The largest absolute Gasteiger partial charge is 0.273 e. The summed E-state index contributed by atoms with van der Waals surface area (Å²) in [5.74, 6) is -0.187. The van der Waals surface area contributed by atoms with Crippen molar-refractivity contribution < 1.29 is 9.59 Å². The average Bonchev–Trinajstić information content (AvgIpc) is 2.58. The molecule has 0 bridgehead atoms. The third kappa shape index (κ3) is 5.74. The van der Waals surface area contributed by atoms with Crippen molar-refractivity contribution in [2.45, 2.75) is 30.4 Å². The molecule has 24 heavy (non-hydrogen) atoms. The van der Waals surface area contributed by atoms with Gasteiger partial charge in [-0.25, -0.2) is 0 Å². The van der Waals surface area contributed by atoms with Crippen molar-refractivity contribution in [3.63, 3.8) is 0 Å². The van der Waals surface area contributed by atoms with Crippen LogP contribution in [-0.4, -0.2) is 11.8 Å². The van der Waals surface area contributed by atoms with Gasteiger partial charge in [-0.2, -0.15) is 0 Å². The van der Waals surface area contributed by atoms with Gasteiger partial charge in [0.05, 0.1) is 0 Å². The number of hydrazine groups is 1. The Morgan fingerprint density at radius 3 is 2.08 bits per heavy atom. The quantitative estimate of drug-likeness (QED) is 0.621. The molecule has 0 aliphatic carbocycles. The smallest absolute Gasteiger partial charge is 0.256 e. The summed E-state index contributed by atoms with van der Waals surface area (Å²) in [4.78, 5) is 25.3. The van der Waals surface area contributed by atoms with E-state index in [4.69, 9.17) is 0 Å². The SMILES string of the molecule is CC(C)CC(=O)NNC(=O)[C@@H](Sc1ccccc1)c1ccccc1. The fraction of sp³-hybridized carbons (Fsp3) is 0.263. The van der Waals surface area contributed by atoms with Crippen molar-refractivity contribution in [1.82, 2.24) is 10.9 Å². The molecule has 2 rings (SSSR count). The second-order valence-electron chi connectivity index (χ2n) is 5.86. The zero-order valence-corrected chi connectivity index (χ0v) is 14.7. The topological polar surface area (TPSA) is 58.2 Å². The molecule has 0 radical (unpaired) electrons. The number of rotatable bonds is 6. The molecule has 2 aromatic carbocycles. The number of hydrogen-bond donors (Lipinski definition) is 2. The summed E-state index contributed by atoms with van der Waals surface area (Å²) in [5.41, 5.74) is 5.94. The molecule has 0 fully saturated rings. The summed E-state index contributed by atoms with van der Waals surface area (Å²) in [6, 6.07) is 19.3. The summed E-state index contributed by atoms with van der Waals surface area (Å²) in [7, 11) is 0. The minimum atomic E-state index is -0.437. The van der Waals surface area contributed by atoms with E-state index in [1.165, 1.54) is 11.8 Å². The maximum Gasteiger partial charge on any atom is 0.256 e. The summed E-state index contributed by atoms with van der Waals surface area (Å²) >= 11 is 1.45. The average molecular weight is 342 g/mol. The summed E-state index contributed by atoms with van der Waals surface area (Å²) in [5, 5.41) is -0.437. The van der Waals surface area contributed by atoms with Crippen LogP contribution < -0.4 is 10.9 Å². The standard InChI is InChI=1S/C19H22N2O2S/c1-14(2)13-17(22)20-21-19(23)18(15-9-5-3-6-10-15)24-16-11-7-4-8-12-16/h3-12,14,18H,13H2,1-2H3,(H,20,22)(H,21,23)/t18-/m0/s1. The first-order valence-corrected chi connectivity index (χ1v) is 8.79. The molecule has 0 aromatic heterocycles.